The fraction of sp³-hybridized carbons (Fsp3) is 0.480. The lowest BCUT2D eigenvalue weighted by molar-refractivity contribution is -0.122. The van der Waals surface area contributed by atoms with Crippen LogP contribution in [0, 0.1) is 23.6 Å². The molecule has 1 saturated carbocycles. The molecule has 2 unspecified atom stereocenters. The van der Waals surface area contributed by atoms with E-state index >= 15 is 0 Å². The number of carbonyl (C=O) groups is 1. The second-order valence-electron chi connectivity index (χ2n) is 9.23. The Balaban J connectivity index is 0.00000306. The van der Waals surface area contributed by atoms with E-state index in [9.17, 15) is 17.6 Å². The molecule has 2 aliphatic rings. The predicted octanol–water partition coefficient (Wildman–Crippen LogP) is 5.61. The van der Waals surface area contributed by atoms with Crippen molar-refractivity contribution in [1.29, 1.82) is 0 Å². The summed E-state index contributed by atoms with van der Waals surface area (Å²) in [7, 11) is -3.83. The molecule has 0 radical (unpaired) electrons. The largest absolute Gasteiger partial charge is 0.326 e. The van der Waals surface area contributed by atoms with Gasteiger partial charge in [0.1, 0.15) is 5.82 Å². The molecule has 0 aromatic heterocycles. The van der Waals surface area contributed by atoms with Crippen molar-refractivity contribution in [2.75, 3.05) is 16.2 Å². The van der Waals surface area contributed by atoms with Crippen LogP contribution in [0.4, 0.5) is 15.8 Å². The fourth-order valence-electron chi connectivity index (χ4n) is 5.20. The van der Waals surface area contributed by atoms with E-state index in [1.165, 1.54) is 16.4 Å². The quantitative estimate of drug-likeness (QED) is 0.603. The molecule has 2 aromatic rings. The van der Waals surface area contributed by atoms with Crippen molar-refractivity contribution in [2.45, 2.75) is 57.3 Å². The first kappa shape index (κ1) is 22.8. The van der Waals surface area contributed by atoms with Gasteiger partial charge in [0.15, 0.2) is 0 Å². The average molecular weight is 461 g/mol. The number of anilines is 2. The van der Waals surface area contributed by atoms with Gasteiger partial charge >= 0.3 is 0 Å². The predicted molar refractivity (Wildman–Crippen MR) is 127 cm³/mol. The molecule has 1 aliphatic heterocycles. The first-order valence-corrected chi connectivity index (χ1v) is 12.9. The zero-order valence-corrected chi connectivity index (χ0v) is 19.5. The van der Waals surface area contributed by atoms with Crippen LogP contribution < -0.4 is 9.62 Å². The van der Waals surface area contributed by atoms with E-state index in [4.69, 9.17) is 0 Å². The fourth-order valence-corrected chi connectivity index (χ4v) is 6.73. The number of sulfonamides is 1. The molecule has 4 rings (SSSR count). The van der Waals surface area contributed by atoms with Gasteiger partial charge in [0.2, 0.25) is 5.91 Å². The van der Waals surface area contributed by atoms with Crippen LogP contribution in [0.15, 0.2) is 47.4 Å². The topological polar surface area (TPSA) is 66.5 Å². The molecule has 5 nitrogen and oxygen atoms in total. The summed E-state index contributed by atoms with van der Waals surface area (Å²) in [5.74, 6) is 0.124. The van der Waals surface area contributed by atoms with Gasteiger partial charge in [0.05, 0.1) is 10.6 Å². The number of benzene rings is 2. The normalized spacial score (nSPS) is 23.8. The molecule has 2 atom stereocenters. The van der Waals surface area contributed by atoms with Crippen molar-refractivity contribution < 1.29 is 19.0 Å². The minimum atomic E-state index is -3.83. The highest BCUT2D eigenvalue weighted by Gasteiger charge is 2.33. The molecule has 1 aliphatic carbocycles. The summed E-state index contributed by atoms with van der Waals surface area (Å²) in [4.78, 5) is 13.2. The molecule has 0 saturated heterocycles. The van der Waals surface area contributed by atoms with Crippen LogP contribution in [-0.4, -0.2) is 20.9 Å². The molecule has 1 fully saturated rings. The van der Waals surface area contributed by atoms with E-state index in [0.29, 0.717) is 36.2 Å². The Morgan fingerprint density at radius 3 is 2.34 bits per heavy atom. The minimum absolute atomic E-state index is 0. The first-order valence-electron chi connectivity index (χ1n) is 11.5. The second-order valence-corrected chi connectivity index (χ2v) is 11.1. The van der Waals surface area contributed by atoms with Gasteiger partial charge in [0, 0.05) is 19.6 Å². The monoisotopic (exact) mass is 460 g/mol. The maximum Gasteiger partial charge on any atom is 0.264 e. The van der Waals surface area contributed by atoms with Gasteiger partial charge in [0.25, 0.3) is 10.0 Å². The molecule has 1 N–H and O–H groups in total. The highest BCUT2D eigenvalue weighted by molar-refractivity contribution is 7.92. The zero-order valence-electron chi connectivity index (χ0n) is 18.7. The number of nitrogens with one attached hydrogen (secondary N) is 1. The lowest BCUT2D eigenvalue weighted by Gasteiger charge is -2.31. The number of aryl methyl sites for hydroxylation is 1. The molecular weight excluding hydrogens is 427 g/mol. The molecular formula is C25H33FN2O3S. The number of nitrogens with zero attached hydrogens (tertiary/aromatic N) is 1. The van der Waals surface area contributed by atoms with Gasteiger partial charge in [-0.05, 0) is 79.5 Å². The van der Waals surface area contributed by atoms with Gasteiger partial charge in [-0.2, -0.15) is 0 Å². The maximum atomic E-state index is 13.3. The molecule has 32 heavy (non-hydrogen) atoms. The summed E-state index contributed by atoms with van der Waals surface area (Å²) in [5.41, 5.74) is 2.12. The van der Waals surface area contributed by atoms with Crippen molar-refractivity contribution in [3.8, 4) is 0 Å². The summed E-state index contributed by atoms with van der Waals surface area (Å²) in [6.45, 7) is 4.65. The number of hydrogen-bond acceptors (Lipinski definition) is 3. The Hall–Kier alpha value is -2.41. The van der Waals surface area contributed by atoms with Crippen LogP contribution in [0.1, 0.15) is 52.9 Å². The number of amides is 1. The third-order valence-electron chi connectivity index (χ3n) is 6.93. The Bertz CT molecular complexity index is 1080. The van der Waals surface area contributed by atoms with Gasteiger partial charge in [-0.1, -0.05) is 32.8 Å². The van der Waals surface area contributed by atoms with Crippen LogP contribution in [0.2, 0.25) is 0 Å². The van der Waals surface area contributed by atoms with Gasteiger partial charge in [-0.25, -0.2) is 12.8 Å². The molecule has 1 amide bonds. The molecule has 0 spiro atoms. The second kappa shape index (κ2) is 9.22. The van der Waals surface area contributed by atoms with Gasteiger partial charge in [-0.15, -0.1) is 0 Å². The third-order valence-corrected chi connectivity index (χ3v) is 8.76. The van der Waals surface area contributed by atoms with E-state index < -0.39 is 15.8 Å². The standard InChI is InChI=1S/C25H31FN2O3S.H2/c1-17-6-3-4-7-18(2)24(17)25(29)27-21-12-9-19-8-5-15-28(23(19)16-21)32(30,31)22-13-10-20(26)11-14-22;/h9-14,16-18,24H,3-8,15H2,1-2H3,(H,27,29);1H. The molecule has 7 heteroatoms. The van der Waals surface area contributed by atoms with Crippen molar-refractivity contribution in [3.05, 3.63) is 53.8 Å². The Morgan fingerprint density at radius 1 is 1.03 bits per heavy atom. The van der Waals surface area contributed by atoms with Crippen LogP contribution >= 0.6 is 0 Å². The summed E-state index contributed by atoms with van der Waals surface area (Å²) < 4.78 is 41.3. The van der Waals surface area contributed by atoms with Crippen LogP contribution in [0.25, 0.3) is 0 Å². The van der Waals surface area contributed by atoms with Gasteiger partial charge in [-0.3, -0.25) is 9.10 Å². The average Bonchev–Trinajstić information content (AvgIpc) is 2.93. The number of halogens is 1. The number of hydrogen-bond donors (Lipinski definition) is 1. The smallest absolute Gasteiger partial charge is 0.264 e. The Kier molecular flexibility index (Phi) is 6.56. The summed E-state index contributed by atoms with van der Waals surface area (Å²) in [6.07, 6.45) is 5.90. The summed E-state index contributed by atoms with van der Waals surface area (Å²) in [5, 5.41) is 3.06. The maximum absolute atomic E-state index is 13.3. The summed E-state index contributed by atoms with van der Waals surface area (Å²) in [6, 6.07) is 10.4. The third kappa shape index (κ3) is 4.53. The zero-order chi connectivity index (χ0) is 22.9. The van der Waals surface area contributed by atoms with E-state index in [2.05, 4.69) is 19.2 Å². The van der Waals surface area contributed by atoms with E-state index in [0.717, 1.165) is 49.8 Å². The van der Waals surface area contributed by atoms with E-state index in [1.807, 2.05) is 12.1 Å². The van der Waals surface area contributed by atoms with Crippen molar-refractivity contribution in [2.24, 2.45) is 17.8 Å². The Morgan fingerprint density at radius 2 is 1.69 bits per heavy atom. The highest BCUT2D eigenvalue weighted by atomic mass is 32.2. The highest BCUT2D eigenvalue weighted by Crippen LogP contribution is 2.36. The Labute approximate surface area is 191 Å². The number of rotatable bonds is 4. The minimum Gasteiger partial charge on any atom is -0.326 e. The molecule has 0 bridgehead atoms. The number of carbonyl (C=O) groups excluding carboxylic acids is 1. The lowest BCUT2D eigenvalue weighted by atomic mass is 9.81. The molecule has 174 valence electrons. The van der Waals surface area contributed by atoms with Crippen LogP contribution in [0.5, 0.6) is 0 Å². The van der Waals surface area contributed by atoms with Gasteiger partial charge < -0.3 is 5.32 Å². The summed E-state index contributed by atoms with van der Waals surface area (Å²) >= 11 is 0. The van der Waals surface area contributed by atoms with Crippen molar-refractivity contribution in [1.82, 2.24) is 0 Å². The van der Waals surface area contributed by atoms with Crippen LogP contribution in [-0.2, 0) is 21.2 Å². The van der Waals surface area contributed by atoms with E-state index in [1.54, 1.807) is 6.07 Å². The SMILES string of the molecule is CC1CCCCC(C)C1C(=O)Nc1ccc2c(c1)N(S(=O)(=O)c1ccc(F)cc1)CCC2.[HH]. The molecule has 1 heterocycles. The molecule has 2 aromatic carbocycles. The number of fused-ring (bicyclic) bond motifs is 1. The van der Waals surface area contributed by atoms with Crippen molar-refractivity contribution in [3.63, 3.8) is 0 Å². The van der Waals surface area contributed by atoms with E-state index in [-0.39, 0.29) is 18.1 Å². The van der Waals surface area contributed by atoms with Crippen LogP contribution in [0.3, 0.4) is 0 Å². The lowest BCUT2D eigenvalue weighted by Crippen LogP contribution is -2.36. The van der Waals surface area contributed by atoms with Crippen molar-refractivity contribution >= 4 is 27.3 Å². The first-order chi connectivity index (χ1) is 15.3.